The molecule has 2 aliphatic rings. The Morgan fingerprint density at radius 1 is 1.33 bits per heavy atom. The predicted molar refractivity (Wildman–Crippen MR) is 97.9 cm³/mol. The van der Waals surface area contributed by atoms with Crippen molar-refractivity contribution in [3.05, 3.63) is 24.3 Å². The first-order valence-corrected chi connectivity index (χ1v) is 9.17. The normalized spacial score (nSPS) is 27.4. The van der Waals surface area contributed by atoms with Gasteiger partial charge in [0.05, 0.1) is 13.2 Å². The number of rotatable bonds is 7. The largest absolute Gasteiger partial charge is 0.492 e. The van der Waals surface area contributed by atoms with Crippen molar-refractivity contribution in [2.24, 2.45) is 5.92 Å². The fourth-order valence-corrected chi connectivity index (χ4v) is 3.75. The summed E-state index contributed by atoms with van der Waals surface area (Å²) in [6, 6.07) is 9.36. The first kappa shape index (κ1) is 17.5. The summed E-state index contributed by atoms with van der Waals surface area (Å²) < 4.78 is 11.5. The summed E-state index contributed by atoms with van der Waals surface area (Å²) in [5.74, 6) is 1.58. The molecule has 0 bridgehead atoms. The number of nitrogens with one attached hydrogen (secondary N) is 2. The summed E-state index contributed by atoms with van der Waals surface area (Å²) in [5, 5.41) is 7.37. The van der Waals surface area contributed by atoms with E-state index < -0.39 is 0 Å². The molecule has 1 aliphatic heterocycles. The Morgan fingerprint density at radius 2 is 2.25 bits per heavy atom. The van der Waals surface area contributed by atoms with Crippen LogP contribution in [0.5, 0.6) is 5.75 Å². The average Bonchev–Trinajstić information content (AvgIpc) is 3.04. The summed E-state index contributed by atoms with van der Waals surface area (Å²) in [6.45, 7) is 4.30. The Labute approximate surface area is 145 Å². The van der Waals surface area contributed by atoms with E-state index in [0.717, 1.165) is 37.7 Å². The quantitative estimate of drug-likeness (QED) is 0.801. The van der Waals surface area contributed by atoms with Crippen LogP contribution in [-0.2, 0) is 4.74 Å². The second kappa shape index (κ2) is 8.70. The lowest BCUT2D eigenvalue weighted by Crippen LogP contribution is -2.49. The monoisotopic (exact) mass is 333 g/mol. The van der Waals surface area contributed by atoms with Gasteiger partial charge in [0.25, 0.3) is 0 Å². The third-order valence-electron chi connectivity index (χ3n) is 5.03. The number of hydrogen-bond donors (Lipinski definition) is 2. The summed E-state index contributed by atoms with van der Waals surface area (Å²) in [5.41, 5.74) is 1.16. The lowest BCUT2D eigenvalue weighted by atomic mass is 9.94. The Bertz CT molecular complexity index is 503. The maximum absolute atomic E-state index is 5.85. The van der Waals surface area contributed by atoms with Crippen molar-refractivity contribution in [2.75, 3.05) is 52.3 Å². The molecule has 0 aromatic heterocycles. The van der Waals surface area contributed by atoms with E-state index in [4.69, 9.17) is 9.47 Å². The van der Waals surface area contributed by atoms with Gasteiger partial charge in [0, 0.05) is 36.9 Å². The van der Waals surface area contributed by atoms with E-state index in [1.165, 1.54) is 19.3 Å². The molecule has 134 valence electrons. The van der Waals surface area contributed by atoms with E-state index in [1.807, 2.05) is 6.07 Å². The van der Waals surface area contributed by atoms with Gasteiger partial charge < -0.3 is 25.0 Å². The standard InChI is InChI=1S/C19H31N3O2/c1-22(2)10-12-24-16-6-3-5-15(13-16)21-18-8-4-7-17(18)19-14-23-11-9-20-19/h3,5-6,13,17-21H,4,7-12,14H2,1-2H3. The van der Waals surface area contributed by atoms with Crippen LogP contribution in [-0.4, -0.2) is 64.0 Å². The lowest BCUT2D eigenvalue weighted by Gasteiger charge is -2.33. The predicted octanol–water partition coefficient (Wildman–Crippen LogP) is 2.20. The van der Waals surface area contributed by atoms with Crippen molar-refractivity contribution in [1.82, 2.24) is 10.2 Å². The van der Waals surface area contributed by atoms with Gasteiger partial charge in [-0.05, 0) is 45.0 Å². The van der Waals surface area contributed by atoms with Crippen LogP contribution in [0.2, 0.25) is 0 Å². The van der Waals surface area contributed by atoms with Gasteiger partial charge >= 0.3 is 0 Å². The highest BCUT2D eigenvalue weighted by Crippen LogP contribution is 2.32. The van der Waals surface area contributed by atoms with Crippen LogP contribution < -0.4 is 15.4 Å². The molecular formula is C19H31N3O2. The van der Waals surface area contributed by atoms with Crippen molar-refractivity contribution in [3.63, 3.8) is 0 Å². The van der Waals surface area contributed by atoms with Crippen molar-refractivity contribution in [1.29, 1.82) is 0 Å². The molecule has 3 atom stereocenters. The number of nitrogens with zero attached hydrogens (tertiary/aromatic N) is 1. The van der Waals surface area contributed by atoms with Gasteiger partial charge in [-0.15, -0.1) is 0 Å². The molecule has 0 spiro atoms. The summed E-state index contributed by atoms with van der Waals surface area (Å²) in [7, 11) is 4.12. The van der Waals surface area contributed by atoms with E-state index in [2.05, 4.69) is 47.8 Å². The number of ether oxygens (including phenoxy) is 2. The van der Waals surface area contributed by atoms with Crippen molar-refractivity contribution >= 4 is 5.69 Å². The zero-order valence-corrected chi connectivity index (χ0v) is 15.0. The van der Waals surface area contributed by atoms with Gasteiger partial charge in [-0.2, -0.15) is 0 Å². The van der Waals surface area contributed by atoms with Crippen LogP contribution >= 0.6 is 0 Å². The van der Waals surface area contributed by atoms with Crippen LogP contribution in [0.3, 0.4) is 0 Å². The molecule has 1 aromatic carbocycles. The van der Waals surface area contributed by atoms with Gasteiger partial charge in [0.2, 0.25) is 0 Å². The topological polar surface area (TPSA) is 45.8 Å². The van der Waals surface area contributed by atoms with Gasteiger partial charge in [-0.25, -0.2) is 0 Å². The van der Waals surface area contributed by atoms with E-state index in [9.17, 15) is 0 Å². The summed E-state index contributed by atoms with van der Waals surface area (Å²) >= 11 is 0. The van der Waals surface area contributed by atoms with E-state index in [-0.39, 0.29) is 0 Å². The average molecular weight is 333 g/mol. The molecule has 1 heterocycles. The van der Waals surface area contributed by atoms with E-state index in [1.54, 1.807) is 0 Å². The third kappa shape index (κ3) is 4.85. The number of benzene rings is 1. The highest BCUT2D eigenvalue weighted by molar-refractivity contribution is 5.49. The molecule has 5 nitrogen and oxygen atoms in total. The molecule has 3 rings (SSSR count). The smallest absolute Gasteiger partial charge is 0.121 e. The molecule has 24 heavy (non-hydrogen) atoms. The first-order valence-electron chi connectivity index (χ1n) is 9.17. The Kier molecular flexibility index (Phi) is 6.35. The second-order valence-electron chi connectivity index (χ2n) is 7.16. The highest BCUT2D eigenvalue weighted by atomic mass is 16.5. The Morgan fingerprint density at radius 3 is 3.04 bits per heavy atom. The zero-order chi connectivity index (χ0) is 16.8. The van der Waals surface area contributed by atoms with Crippen LogP contribution in [0, 0.1) is 5.92 Å². The minimum Gasteiger partial charge on any atom is -0.492 e. The fraction of sp³-hybridized carbons (Fsp3) is 0.684. The van der Waals surface area contributed by atoms with Crippen molar-refractivity contribution in [3.8, 4) is 5.75 Å². The SMILES string of the molecule is CN(C)CCOc1cccc(NC2CCCC2C2COCCN2)c1. The Hall–Kier alpha value is -1.30. The molecule has 1 saturated carbocycles. The molecule has 0 radical (unpaired) electrons. The highest BCUT2D eigenvalue weighted by Gasteiger charge is 2.34. The molecule has 2 N–H and O–H groups in total. The molecular weight excluding hydrogens is 302 g/mol. The number of hydrogen-bond acceptors (Lipinski definition) is 5. The van der Waals surface area contributed by atoms with Crippen molar-refractivity contribution < 1.29 is 9.47 Å². The molecule has 3 unspecified atom stereocenters. The Balaban J connectivity index is 1.56. The molecule has 2 fully saturated rings. The minimum absolute atomic E-state index is 0.485. The van der Waals surface area contributed by atoms with E-state index in [0.29, 0.717) is 24.6 Å². The van der Waals surface area contributed by atoms with Gasteiger partial charge in [0.15, 0.2) is 0 Å². The van der Waals surface area contributed by atoms with E-state index >= 15 is 0 Å². The van der Waals surface area contributed by atoms with Crippen LogP contribution in [0.4, 0.5) is 5.69 Å². The third-order valence-corrected chi connectivity index (χ3v) is 5.03. The number of likely N-dealkylation sites (N-methyl/N-ethyl adjacent to an activating group) is 1. The summed E-state index contributed by atoms with van der Waals surface area (Å²) in [6.07, 6.45) is 3.80. The number of anilines is 1. The minimum atomic E-state index is 0.485. The first-order chi connectivity index (χ1) is 11.7. The molecule has 5 heteroatoms. The summed E-state index contributed by atoms with van der Waals surface area (Å²) in [4.78, 5) is 2.13. The molecule has 1 aliphatic carbocycles. The van der Waals surface area contributed by atoms with Crippen LogP contribution in [0.1, 0.15) is 19.3 Å². The van der Waals surface area contributed by atoms with Crippen molar-refractivity contribution in [2.45, 2.75) is 31.3 Å². The maximum atomic E-state index is 5.85. The molecule has 0 amide bonds. The fourth-order valence-electron chi connectivity index (χ4n) is 3.75. The second-order valence-corrected chi connectivity index (χ2v) is 7.16. The molecule has 1 saturated heterocycles. The van der Waals surface area contributed by atoms with Crippen LogP contribution in [0.15, 0.2) is 24.3 Å². The van der Waals surface area contributed by atoms with Gasteiger partial charge in [-0.1, -0.05) is 12.5 Å². The molecule has 1 aromatic rings. The lowest BCUT2D eigenvalue weighted by molar-refractivity contribution is 0.0559. The number of morpholine rings is 1. The zero-order valence-electron chi connectivity index (χ0n) is 15.0. The van der Waals surface area contributed by atoms with Gasteiger partial charge in [0.1, 0.15) is 12.4 Å². The maximum Gasteiger partial charge on any atom is 0.121 e. The van der Waals surface area contributed by atoms with Crippen LogP contribution in [0.25, 0.3) is 0 Å². The van der Waals surface area contributed by atoms with Gasteiger partial charge in [-0.3, -0.25) is 0 Å².